The van der Waals surface area contributed by atoms with Crippen molar-refractivity contribution >= 4 is 23.1 Å². The zero-order chi connectivity index (χ0) is 16.2. The number of ether oxygens (including phenoxy) is 2. The number of esters is 1. The molecule has 0 aromatic rings. The Labute approximate surface area is 127 Å². The first-order valence-electron chi connectivity index (χ1n) is 6.79. The maximum absolute atomic E-state index is 11.9. The number of carbonyl (C=O) groups excluding carboxylic acids is 2. The number of piperidine rings is 1. The van der Waals surface area contributed by atoms with E-state index in [9.17, 15) is 18.4 Å². The zero-order valence-corrected chi connectivity index (χ0v) is 13.6. The molecule has 0 aliphatic carbocycles. The Balaban J connectivity index is 2.60. The Hall–Kier alpha value is -1.15. The third-order valence-corrected chi connectivity index (χ3v) is 4.25. The fourth-order valence-corrected chi connectivity index (χ4v) is 3.10. The van der Waals surface area contributed by atoms with Crippen molar-refractivity contribution < 1.29 is 27.8 Å². The van der Waals surface area contributed by atoms with Crippen LogP contribution in [0.25, 0.3) is 0 Å². The summed E-state index contributed by atoms with van der Waals surface area (Å²) in [4.78, 5) is 25.0. The molecule has 1 heterocycles. The van der Waals surface area contributed by atoms with E-state index in [-0.39, 0.29) is 5.92 Å². The third kappa shape index (κ3) is 5.28. The standard InChI is InChI=1S/C13H23NO6S/c1-13(2,3)20-12(16)14-7-5-9(6-8-14)10(21(17)18)11(15)19-4/h9-10H,5-8H2,1-4H3,(H,17,18)/p-1. The van der Waals surface area contributed by atoms with Gasteiger partial charge in [-0.3, -0.25) is 9.00 Å². The molecule has 2 unspecified atom stereocenters. The number of methoxy groups -OCH3 is 1. The fraction of sp³-hybridized carbons (Fsp3) is 0.846. The lowest BCUT2D eigenvalue weighted by atomic mass is 9.93. The van der Waals surface area contributed by atoms with Crippen LogP contribution >= 0.6 is 0 Å². The van der Waals surface area contributed by atoms with E-state index in [2.05, 4.69) is 4.74 Å². The molecule has 0 aromatic carbocycles. The second-order valence-electron chi connectivity index (χ2n) is 6.01. The first-order chi connectivity index (χ1) is 9.65. The average molecular weight is 320 g/mol. The quantitative estimate of drug-likeness (QED) is 0.570. The van der Waals surface area contributed by atoms with E-state index in [0.717, 1.165) is 7.11 Å². The number of carbonyl (C=O) groups is 2. The maximum atomic E-state index is 11.9. The number of hydrogen-bond acceptors (Lipinski definition) is 6. The van der Waals surface area contributed by atoms with Gasteiger partial charge < -0.3 is 18.9 Å². The smallest absolute Gasteiger partial charge is 0.410 e. The molecule has 1 rings (SSSR count). The van der Waals surface area contributed by atoms with Gasteiger partial charge in [0, 0.05) is 13.1 Å². The Morgan fingerprint density at radius 3 is 2.19 bits per heavy atom. The monoisotopic (exact) mass is 320 g/mol. The fourth-order valence-electron chi connectivity index (χ4n) is 2.26. The van der Waals surface area contributed by atoms with Crippen molar-refractivity contribution in [1.82, 2.24) is 4.90 Å². The van der Waals surface area contributed by atoms with Crippen molar-refractivity contribution in [3.05, 3.63) is 0 Å². The van der Waals surface area contributed by atoms with Gasteiger partial charge in [0.25, 0.3) is 0 Å². The van der Waals surface area contributed by atoms with Crippen molar-refractivity contribution in [1.29, 1.82) is 0 Å². The summed E-state index contributed by atoms with van der Waals surface area (Å²) in [6.07, 6.45) is 0.429. The minimum atomic E-state index is -2.53. The van der Waals surface area contributed by atoms with Crippen LogP contribution < -0.4 is 0 Å². The Morgan fingerprint density at radius 1 is 1.29 bits per heavy atom. The van der Waals surface area contributed by atoms with Crippen LogP contribution in [0.5, 0.6) is 0 Å². The number of rotatable bonds is 3. The van der Waals surface area contributed by atoms with Crippen molar-refractivity contribution in [2.24, 2.45) is 5.92 Å². The normalized spacial score (nSPS) is 19.8. The van der Waals surface area contributed by atoms with Gasteiger partial charge in [-0.05, 0) is 50.6 Å². The third-order valence-electron chi connectivity index (χ3n) is 3.26. The molecule has 1 aliphatic rings. The van der Waals surface area contributed by atoms with E-state index in [1.54, 1.807) is 20.8 Å². The van der Waals surface area contributed by atoms with E-state index < -0.39 is 34.0 Å². The maximum Gasteiger partial charge on any atom is 0.410 e. The largest absolute Gasteiger partial charge is 0.772 e. The first-order valence-corrected chi connectivity index (χ1v) is 7.93. The molecule has 1 aliphatic heterocycles. The van der Waals surface area contributed by atoms with Crippen LogP contribution in [-0.4, -0.2) is 56.8 Å². The molecule has 1 saturated heterocycles. The van der Waals surface area contributed by atoms with Crippen LogP contribution in [0.15, 0.2) is 0 Å². The molecule has 122 valence electrons. The van der Waals surface area contributed by atoms with Gasteiger partial charge in [-0.15, -0.1) is 0 Å². The molecule has 2 atom stereocenters. The highest BCUT2D eigenvalue weighted by Gasteiger charge is 2.35. The molecule has 8 heteroatoms. The van der Waals surface area contributed by atoms with E-state index in [1.807, 2.05) is 0 Å². The van der Waals surface area contributed by atoms with Crippen molar-refractivity contribution in [3.63, 3.8) is 0 Å². The summed E-state index contributed by atoms with van der Waals surface area (Å²) < 4.78 is 32.2. The van der Waals surface area contributed by atoms with Crippen LogP contribution in [0.3, 0.4) is 0 Å². The van der Waals surface area contributed by atoms with E-state index >= 15 is 0 Å². The van der Waals surface area contributed by atoms with Gasteiger partial charge in [0.05, 0.1) is 7.11 Å². The van der Waals surface area contributed by atoms with Gasteiger partial charge in [-0.25, -0.2) is 4.79 Å². The van der Waals surface area contributed by atoms with Crippen molar-refractivity contribution in [2.75, 3.05) is 20.2 Å². The number of amides is 1. The predicted molar refractivity (Wildman–Crippen MR) is 75.3 cm³/mol. The van der Waals surface area contributed by atoms with Gasteiger partial charge in [-0.1, -0.05) is 0 Å². The molecule has 0 N–H and O–H groups in total. The summed E-state index contributed by atoms with van der Waals surface area (Å²) >= 11 is -2.53. The molecular weight excluding hydrogens is 298 g/mol. The summed E-state index contributed by atoms with van der Waals surface area (Å²) in [5.74, 6) is -1.09. The molecular formula is C13H22NO6S-. The van der Waals surface area contributed by atoms with Crippen LogP contribution in [-0.2, 0) is 25.3 Å². The number of likely N-dealkylation sites (tertiary alicyclic amines) is 1. The summed E-state index contributed by atoms with van der Waals surface area (Å²) in [6.45, 7) is 6.08. The highest BCUT2D eigenvalue weighted by atomic mass is 32.2. The summed E-state index contributed by atoms with van der Waals surface area (Å²) in [5, 5.41) is -1.17. The SMILES string of the molecule is COC(=O)C(C1CCN(C(=O)OC(C)(C)C)CC1)S(=O)[O-]. The highest BCUT2D eigenvalue weighted by Crippen LogP contribution is 2.25. The molecule has 0 radical (unpaired) electrons. The molecule has 0 saturated carbocycles. The van der Waals surface area contributed by atoms with Gasteiger partial charge in [0.15, 0.2) is 0 Å². The number of nitrogens with zero attached hydrogens (tertiary/aromatic N) is 1. The number of hydrogen-bond donors (Lipinski definition) is 0. The molecule has 7 nitrogen and oxygen atoms in total. The average Bonchev–Trinajstić information content (AvgIpc) is 2.37. The van der Waals surface area contributed by atoms with Crippen molar-refractivity contribution in [2.45, 2.75) is 44.5 Å². The second-order valence-corrected chi connectivity index (χ2v) is 7.04. The van der Waals surface area contributed by atoms with E-state index in [1.165, 1.54) is 4.90 Å². The highest BCUT2D eigenvalue weighted by molar-refractivity contribution is 7.80. The molecule has 1 fully saturated rings. The molecule has 1 amide bonds. The molecule has 0 bridgehead atoms. The van der Waals surface area contributed by atoms with Gasteiger partial charge in [0.2, 0.25) is 0 Å². The predicted octanol–water partition coefficient (Wildman–Crippen LogP) is 1.05. The van der Waals surface area contributed by atoms with Gasteiger partial charge in [0.1, 0.15) is 10.9 Å². The minimum absolute atomic E-state index is 0.338. The Morgan fingerprint density at radius 2 is 1.81 bits per heavy atom. The summed E-state index contributed by atoms with van der Waals surface area (Å²) in [6, 6.07) is 0. The lowest BCUT2D eigenvalue weighted by molar-refractivity contribution is -0.141. The lowest BCUT2D eigenvalue weighted by Gasteiger charge is -2.36. The minimum Gasteiger partial charge on any atom is -0.772 e. The van der Waals surface area contributed by atoms with Crippen LogP contribution in [0.4, 0.5) is 4.79 Å². The molecule has 21 heavy (non-hydrogen) atoms. The summed E-state index contributed by atoms with van der Waals surface area (Å²) in [7, 11) is 1.16. The Kier molecular flexibility index (Phi) is 6.15. The van der Waals surface area contributed by atoms with E-state index in [0.29, 0.717) is 25.9 Å². The van der Waals surface area contributed by atoms with Crippen molar-refractivity contribution in [3.8, 4) is 0 Å². The Bertz CT molecular complexity index is 411. The van der Waals surface area contributed by atoms with Crippen LogP contribution in [0.1, 0.15) is 33.6 Å². The van der Waals surface area contributed by atoms with Crippen LogP contribution in [0, 0.1) is 5.92 Å². The van der Waals surface area contributed by atoms with Gasteiger partial charge >= 0.3 is 12.1 Å². The van der Waals surface area contributed by atoms with Gasteiger partial charge in [-0.2, -0.15) is 0 Å². The summed E-state index contributed by atoms with van der Waals surface area (Å²) in [5.41, 5.74) is -0.570. The second kappa shape index (κ2) is 7.22. The lowest BCUT2D eigenvalue weighted by Crippen LogP contribution is -2.46. The topological polar surface area (TPSA) is 96.0 Å². The first kappa shape index (κ1) is 17.9. The zero-order valence-electron chi connectivity index (χ0n) is 12.8. The van der Waals surface area contributed by atoms with Crippen LogP contribution in [0.2, 0.25) is 0 Å². The molecule has 0 aromatic heterocycles. The molecule has 0 spiro atoms. The van der Waals surface area contributed by atoms with E-state index in [4.69, 9.17) is 4.74 Å².